The molecule has 5 heteroatoms. The van der Waals surface area contributed by atoms with Gasteiger partial charge in [0.1, 0.15) is 0 Å². The number of carbonyl (C=O) groups excluding carboxylic acids is 1. The van der Waals surface area contributed by atoms with E-state index in [2.05, 4.69) is 5.32 Å². The monoisotopic (exact) mass is 273 g/mol. The highest BCUT2D eigenvalue weighted by atomic mass is 32.2. The fourth-order valence-corrected chi connectivity index (χ4v) is 4.00. The third-order valence-electron chi connectivity index (χ3n) is 3.06. The van der Waals surface area contributed by atoms with Crippen LogP contribution in [0.15, 0.2) is 52.3 Å². The smallest absolute Gasteiger partial charge is 0.221 e. The van der Waals surface area contributed by atoms with E-state index in [-0.39, 0.29) is 10.8 Å². The van der Waals surface area contributed by atoms with Crippen molar-refractivity contribution in [2.75, 3.05) is 5.32 Å². The van der Waals surface area contributed by atoms with Crippen molar-refractivity contribution in [2.45, 2.75) is 16.7 Å². The molecule has 96 valence electrons. The summed E-state index contributed by atoms with van der Waals surface area (Å²) in [4.78, 5) is 11.6. The summed E-state index contributed by atoms with van der Waals surface area (Å²) in [6.45, 7) is 1.39. The highest BCUT2D eigenvalue weighted by Gasteiger charge is 2.32. The molecule has 0 aliphatic carbocycles. The molecule has 1 N–H and O–H groups in total. The van der Waals surface area contributed by atoms with E-state index in [0.29, 0.717) is 21.7 Å². The van der Waals surface area contributed by atoms with Crippen molar-refractivity contribution >= 4 is 21.4 Å². The molecule has 0 aromatic heterocycles. The second-order valence-electron chi connectivity index (χ2n) is 4.39. The lowest BCUT2D eigenvalue weighted by molar-refractivity contribution is -0.114. The first-order valence-electron chi connectivity index (χ1n) is 5.76. The minimum Gasteiger partial charge on any atom is -0.326 e. The van der Waals surface area contributed by atoms with Gasteiger partial charge in [0, 0.05) is 23.7 Å². The van der Waals surface area contributed by atoms with E-state index in [1.54, 1.807) is 30.3 Å². The predicted octanol–water partition coefficient (Wildman–Crippen LogP) is 2.46. The molecule has 2 aromatic carbocycles. The molecule has 1 heterocycles. The fourth-order valence-electron chi connectivity index (χ4n) is 2.29. The highest BCUT2D eigenvalue weighted by molar-refractivity contribution is 7.92. The lowest BCUT2D eigenvalue weighted by Gasteiger charge is -2.04. The van der Waals surface area contributed by atoms with E-state index < -0.39 is 9.84 Å². The molecule has 0 spiro atoms. The Morgan fingerprint density at radius 1 is 1.00 bits per heavy atom. The van der Waals surface area contributed by atoms with Crippen LogP contribution in [0.4, 0.5) is 5.69 Å². The first kappa shape index (κ1) is 11.9. The van der Waals surface area contributed by atoms with Gasteiger partial charge in [-0.2, -0.15) is 0 Å². The normalized spacial score (nSPS) is 14.6. The van der Waals surface area contributed by atoms with E-state index in [1.165, 1.54) is 13.0 Å². The average molecular weight is 273 g/mol. The summed E-state index contributed by atoms with van der Waals surface area (Å²) in [5.41, 5.74) is 1.89. The molecule has 0 saturated heterocycles. The van der Waals surface area contributed by atoms with Gasteiger partial charge in [0.2, 0.25) is 15.7 Å². The Morgan fingerprint density at radius 3 is 2.42 bits per heavy atom. The molecule has 0 radical (unpaired) electrons. The number of hydrogen-bond acceptors (Lipinski definition) is 3. The molecule has 19 heavy (non-hydrogen) atoms. The Labute approximate surface area is 111 Å². The average Bonchev–Trinajstić information content (AvgIpc) is 2.59. The van der Waals surface area contributed by atoms with Crippen LogP contribution in [-0.4, -0.2) is 14.3 Å². The first-order chi connectivity index (χ1) is 9.00. The van der Waals surface area contributed by atoms with Crippen molar-refractivity contribution in [3.05, 3.63) is 42.5 Å². The van der Waals surface area contributed by atoms with Crippen LogP contribution in [0.2, 0.25) is 0 Å². The van der Waals surface area contributed by atoms with Gasteiger partial charge < -0.3 is 5.32 Å². The highest BCUT2D eigenvalue weighted by Crippen LogP contribution is 2.43. The topological polar surface area (TPSA) is 63.2 Å². The van der Waals surface area contributed by atoms with Crippen LogP contribution in [0.5, 0.6) is 0 Å². The van der Waals surface area contributed by atoms with Crippen LogP contribution in [0.25, 0.3) is 11.1 Å². The number of nitrogens with one attached hydrogen (secondary N) is 1. The van der Waals surface area contributed by atoms with Gasteiger partial charge in [0.05, 0.1) is 9.79 Å². The van der Waals surface area contributed by atoms with Gasteiger partial charge in [0.15, 0.2) is 0 Å². The summed E-state index contributed by atoms with van der Waals surface area (Å²) in [6.07, 6.45) is 0. The van der Waals surface area contributed by atoms with Crippen molar-refractivity contribution in [3.63, 3.8) is 0 Å². The number of fused-ring (bicyclic) bond motifs is 3. The van der Waals surface area contributed by atoms with Crippen molar-refractivity contribution in [3.8, 4) is 11.1 Å². The summed E-state index contributed by atoms with van der Waals surface area (Å²) in [5, 5.41) is 2.60. The summed E-state index contributed by atoms with van der Waals surface area (Å²) in [6, 6.07) is 11.8. The molecular formula is C14H11NO3S. The zero-order valence-electron chi connectivity index (χ0n) is 10.2. The molecule has 0 atom stereocenters. The van der Waals surface area contributed by atoms with Crippen LogP contribution in [0.1, 0.15) is 6.92 Å². The van der Waals surface area contributed by atoms with Gasteiger partial charge in [-0.15, -0.1) is 0 Å². The first-order valence-corrected chi connectivity index (χ1v) is 7.24. The second kappa shape index (κ2) is 3.93. The fraction of sp³-hybridized carbons (Fsp3) is 0.0714. The van der Waals surface area contributed by atoms with Crippen molar-refractivity contribution in [2.24, 2.45) is 0 Å². The Morgan fingerprint density at radius 2 is 1.68 bits per heavy atom. The second-order valence-corrected chi connectivity index (χ2v) is 6.28. The molecule has 0 fully saturated rings. The van der Waals surface area contributed by atoms with Crippen LogP contribution in [0, 0.1) is 0 Å². The Balaban J connectivity index is 2.24. The maximum atomic E-state index is 12.4. The van der Waals surface area contributed by atoms with E-state index in [0.717, 1.165) is 0 Å². The van der Waals surface area contributed by atoms with Gasteiger partial charge >= 0.3 is 0 Å². The minimum absolute atomic E-state index is 0.229. The molecule has 1 aliphatic rings. The van der Waals surface area contributed by atoms with Crippen molar-refractivity contribution < 1.29 is 13.2 Å². The SMILES string of the molecule is CC(=O)Nc1ccc2c(c1)S(=O)(=O)c1ccccc1-2. The lowest BCUT2D eigenvalue weighted by atomic mass is 10.1. The van der Waals surface area contributed by atoms with Crippen molar-refractivity contribution in [1.29, 1.82) is 0 Å². The van der Waals surface area contributed by atoms with Gasteiger partial charge in [-0.3, -0.25) is 4.79 Å². The van der Waals surface area contributed by atoms with Crippen LogP contribution < -0.4 is 5.32 Å². The zero-order valence-corrected chi connectivity index (χ0v) is 11.0. The van der Waals surface area contributed by atoms with Gasteiger partial charge in [0.25, 0.3) is 0 Å². The molecule has 1 aliphatic heterocycles. The lowest BCUT2D eigenvalue weighted by Crippen LogP contribution is -2.06. The maximum Gasteiger partial charge on any atom is 0.221 e. The largest absolute Gasteiger partial charge is 0.326 e. The molecule has 0 bridgehead atoms. The number of benzene rings is 2. The third kappa shape index (κ3) is 1.74. The Bertz CT molecular complexity index is 794. The Kier molecular flexibility index (Phi) is 2.46. The zero-order chi connectivity index (χ0) is 13.6. The summed E-state index contributed by atoms with van der Waals surface area (Å²) in [7, 11) is -3.47. The number of carbonyl (C=O) groups is 1. The summed E-state index contributed by atoms with van der Waals surface area (Å²) >= 11 is 0. The standard InChI is InChI=1S/C14H11NO3S/c1-9(16)15-10-6-7-12-11-4-2-3-5-13(11)19(17,18)14(12)8-10/h2-8H,1H3,(H,15,16). The van der Waals surface area contributed by atoms with Crippen LogP contribution >= 0.6 is 0 Å². The minimum atomic E-state index is -3.47. The molecule has 4 nitrogen and oxygen atoms in total. The molecule has 1 amide bonds. The summed E-state index contributed by atoms with van der Waals surface area (Å²) in [5.74, 6) is -0.229. The van der Waals surface area contributed by atoms with E-state index >= 15 is 0 Å². The quantitative estimate of drug-likeness (QED) is 0.740. The predicted molar refractivity (Wildman–Crippen MR) is 71.6 cm³/mol. The molecular weight excluding hydrogens is 262 g/mol. The van der Waals surface area contributed by atoms with E-state index in [9.17, 15) is 13.2 Å². The summed E-state index contributed by atoms with van der Waals surface area (Å²) < 4.78 is 24.8. The van der Waals surface area contributed by atoms with Gasteiger partial charge in [-0.25, -0.2) is 8.42 Å². The maximum absolute atomic E-state index is 12.4. The molecule has 0 saturated carbocycles. The molecule has 0 unspecified atom stereocenters. The number of hydrogen-bond donors (Lipinski definition) is 1. The van der Waals surface area contributed by atoms with E-state index in [4.69, 9.17) is 0 Å². The number of sulfone groups is 1. The van der Waals surface area contributed by atoms with Crippen LogP contribution in [0.3, 0.4) is 0 Å². The number of amides is 1. The molecule has 2 aromatic rings. The number of rotatable bonds is 1. The van der Waals surface area contributed by atoms with Gasteiger partial charge in [-0.1, -0.05) is 24.3 Å². The van der Waals surface area contributed by atoms with Crippen LogP contribution in [-0.2, 0) is 14.6 Å². The molecule has 3 rings (SSSR count). The van der Waals surface area contributed by atoms with Crippen molar-refractivity contribution in [1.82, 2.24) is 0 Å². The Hall–Kier alpha value is -2.14. The third-order valence-corrected chi connectivity index (χ3v) is 4.91. The van der Waals surface area contributed by atoms with Gasteiger partial charge in [-0.05, 0) is 18.2 Å². The number of anilines is 1. The van der Waals surface area contributed by atoms with E-state index in [1.807, 2.05) is 6.07 Å².